The van der Waals surface area contributed by atoms with Gasteiger partial charge in [-0.25, -0.2) is 4.79 Å². The molecule has 0 aromatic heterocycles. The molecule has 1 atom stereocenters. The maximum Gasteiger partial charge on any atom is 0.338 e. The van der Waals surface area contributed by atoms with Crippen LogP contribution >= 0.6 is 0 Å². The number of rotatable bonds is 3. The molecule has 0 spiro atoms. The minimum atomic E-state index is -0.297. The highest BCUT2D eigenvalue weighted by Gasteiger charge is 2.17. The third-order valence-corrected chi connectivity index (χ3v) is 2.43. The Morgan fingerprint density at radius 1 is 1.44 bits per heavy atom. The molecule has 1 aromatic carbocycles. The second-order valence-electron chi connectivity index (χ2n) is 3.75. The van der Waals surface area contributed by atoms with Crippen LogP contribution in [-0.4, -0.2) is 18.7 Å². The van der Waals surface area contributed by atoms with Gasteiger partial charge in [0, 0.05) is 6.42 Å². The zero-order chi connectivity index (χ0) is 11.4. The molecular weight excluding hydrogens is 204 g/mol. The molecule has 1 heterocycles. The van der Waals surface area contributed by atoms with Gasteiger partial charge < -0.3 is 9.47 Å². The topological polar surface area (TPSA) is 35.5 Å². The van der Waals surface area contributed by atoms with Crippen LogP contribution in [0.4, 0.5) is 0 Å². The molecule has 0 radical (unpaired) electrons. The van der Waals surface area contributed by atoms with Crippen LogP contribution in [0.3, 0.4) is 0 Å². The van der Waals surface area contributed by atoms with E-state index in [1.807, 2.05) is 31.2 Å². The summed E-state index contributed by atoms with van der Waals surface area (Å²) in [7, 11) is 0. The van der Waals surface area contributed by atoms with E-state index in [1.54, 1.807) is 12.1 Å². The van der Waals surface area contributed by atoms with Gasteiger partial charge in [-0.3, -0.25) is 0 Å². The molecular formula is C13H14O3. The first-order valence-corrected chi connectivity index (χ1v) is 5.31. The SMILES string of the molecule is CC1=CC[C@@H](COC(=O)c2ccccc2)O1. The molecule has 3 nitrogen and oxygen atoms in total. The van der Waals surface area contributed by atoms with E-state index in [9.17, 15) is 4.79 Å². The molecule has 0 N–H and O–H groups in total. The molecule has 1 aliphatic heterocycles. The lowest BCUT2D eigenvalue weighted by Crippen LogP contribution is -2.18. The number of ether oxygens (including phenoxy) is 2. The summed E-state index contributed by atoms with van der Waals surface area (Å²) in [6.07, 6.45) is 2.79. The van der Waals surface area contributed by atoms with Gasteiger partial charge in [-0.05, 0) is 25.1 Å². The Bertz CT molecular complexity index is 395. The predicted octanol–water partition coefficient (Wildman–Crippen LogP) is 2.54. The van der Waals surface area contributed by atoms with Crippen LogP contribution in [0.15, 0.2) is 42.2 Å². The van der Waals surface area contributed by atoms with Crippen LogP contribution in [-0.2, 0) is 9.47 Å². The van der Waals surface area contributed by atoms with Crippen LogP contribution in [0.25, 0.3) is 0 Å². The fourth-order valence-electron chi connectivity index (χ4n) is 1.58. The molecule has 0 amide bonds. The van der Waals surface area contributed by atoms with E-state index in [0.29, 0.717) is 12.2 Å². The molecule has 0 aliphatic carbocycles. The highest BCUT2D eigenvalue weighted by atomic mass is 16.6. The highest BCUT2D eigenvalue weighted by Crippen LogP contribution is 2.16. The molecule has 16 heavy (non-hydrogen) atoms. The van der Waals surface area contributed by atoms with Crippen molar-refractivity contribution >= 4 is 5.97 Å². The summed E-state index contributed by atoms with van der Waals surface area (Å²) in [5, 5.41) is 0. The number of benzene rings is 1. The minimum Gasteiger partial charge on any atom is -0.492 e. The number of allylic oxidation sites excluding steroid dienone is 1. The van der Waals surface area contributed by atoms with Crippen molar-refractivity contribution in [3.05, 3.63) is 47.7 Å². The minimum absolute atomic E-state index is 0.0207. The Balaban J connectivity index is 1.81. The monoisotopic (exact) mass is 218 g/mol. The van der Waals surface area contributed by atoms with Gasteiger partial charge in [-0.1, -0.05) is 18.2 Å². The standard InChI is InChI=1S/C13H14O3/c1-10-7-8-12(16-10)9-15-13(14)11-5-3-2-4-6-11/h2-7,12H,8-9H2,1H3/t12-/m0/s1. The van der Waals surface area contributed by atoms with E-state index in [1.165, 1.54) is 0 Å². The molecule has 0 saturated heterocycles. The van der Waals surface area contributed by atoms with E-state index < -0.39 is 0 Å². The van der Waals surface area contributed by atoms with Crippen molar-refractivity contribution in [3.63, 3.8) is 0 Å². The Hall–Kier alpha value is -1.77. The summed E-state index contributed by atoms with van der Waals surface area (Å²) in [6, 6.07) is 8.97. The molecule has 0 fully saturated rings. The normalized spacial score (nSPS) is 18.8. The quantitative estimate of drug-likeness (QED) is 0.731. The second-order valence-corrected chi connectivity index (χ2v) is 3.75. The van der Waals surface area contributed by atoms with Crippen molar-refractivity contribution in [1.29, 1.82) is 0 Å². The number of esters is 1. The summed E-state index contributed by atoms with van der Waals surface area (Å²) in [5.41, 5.74) is 0.574. The van der Waals surface area contributed by atoms with E-state index in [2.05, 4.69) is 0 Å². The largest absolute Gasteiger partial charge is 0.492 e. The van der Waals surface area contributed by atoms with Gasteiger partial charge in [0.2, 0.25) is 0 Å². The molecule has 84 valence electrons. The lowest BCUT2D eigenvalue weighted by atomic mass is 10.2. The zero-order valence-electron chi connectivity index (χ0n) is 9.18. The average Bonchev–Trinajstić information content (AvgIpc) is 2.73. The van der Waals surface area contributed by atoms with Crippen molar-refractivity contribution in [1.82, 2.24) is 0 Å². The fraction of sp³-hybridized carbons (Fsp3) is 0.308. The van der Waals surface area contributed by atoms with Crippen LogP contribution in [0, 0.1) is 0 Å². The molecule has 1 aromatic rings. The summed E-state index contributed by atoms with van der Waals surface area (Å²) >= 11 is 0. The third kappa shape index (κ3) is 2.63. The number of hydrogen-bond acceptors (Lipinski definition) is 3. The highest BCUT2D eigenvalue weighted by molar-refractivity contribution is 5.89. The summed E-state index contributed by atoms with van der Waals surface area (Å²) in [6.45, 7) is 2.21. The molecule has 0 bridgehead atoms. The van der Waals surface area contributed by atoms with Crippen molar-refractivity contribution in [2.45, 2.75) is 19.4 Å². The first-order chi connectivity index (χ1) is 7.75. The predicted molar refractivity (Wildman–Crippen MR) is 60.0 cm³/mol. The lowest BCUT2D eigenvalue weighted by molar-refractivity contribution is 0.0229. The van der Waals surface area contributed by atoms with Gasteiger partial charge in [-0.15, -0.1) is 0 Å². The average molecular weight is 218 g/mol. The summed E-state index contributed by atoms with van der Waals surface area (Å²) in [5.74, 6) is 0.606. The van der Waals surface area contributed by atoms with Gasteiger partial charge in [-0.2, -0.15) is 0 Å². The fourth-order valence-corrected chi connectivity index (χ4v) is 1.58. The molecule has 0 saturated carbocycles. The molecule has 2 rings (SSSR count). The Kier molecular flexibility index (Phi) is 3.25. The summed E-state index contributed by atoms with van der Waals surface area (Å²) in [4.78, 5) is 11.6. The second kappa shape index (κ2) is 4.84. The van der Waals surface area contributed by atoms with Gasteiger partial charge in [0.15, 0.2) is 0 Å². The maximum atomic E-state index is 11.6. The number of carbonyl (C=O) groups excluding carboxylic acids is 1. The van der Waals surface area contributed by atoms with Gasteiger partial charge in [0.25, 0.3) is 0 Å². The Labute approximate surface area is 94.7 Å². The number of carbonyl (C=O) groups is 1. The maximum absolute atomic E-state index is 11.6. The van der Waals surface area contributed by atoms with E-state index in [-0.39, 0.29) is 12.1 Å². The Morgan fingerprint density at radius 3 is 2.81 bits per heavy atom. The first-order valence-electron chi connectivity index (χ1n) is 5.31. The molecule has 0 unspecified atom stereocenters. The van der Waals surface area contributed by atoms with Gasteiger partial charge in [0.1, 0.15) is 12.7 Å². The smallest absolute Gasteiger partial charge is 0.338 e. The van der Waals surface area contributed by atoms with E-state index >= 15 is 0 Å². The van der Waals surface area contributed by atoms with E-state index in [4.69, 9.17) is 9.47 Å². The van der Waals surface area contributed by atoms with Gasteiger partial charge >= 0.3 is 5.97 Å². The van der Waals surface area contributed by atoms with Crippen molar-refractivity contribution in [2.24, 2.45) is 0 Å². The van der Waals surface area contributed by atoms with Crippen LogP contribution in [0.2, 0.25) is 0 Å². The van der Waals surface area contributed by atoms with Crippen LogP contribution in [0.1, 0.15) is 23.7 Å². The first kappa shape index (κ1) is 10.7. The summed E-state index contributed by atoms with van der Waals surface area (Å²) < 4.78 is 10.6. The zero-order valence-corrected chi connectivity index (χ0v) is 9.18. The molecule has 1 aliphatic rings. The van der Waals surface area contributed by atoms with Gasteiger partial charge in [0.05, 0.1) is 11.3 Å². The van der Waals surface area contributed by atoms with E-state index in [0.717, 1.165) is 12.2 Å². The Morgan fingerprint density at radius 2 is 2.19 bits per heavy atom. The van der Waals surface area contributed by atoms with Crippen molar-refractivity contribution in [2.75, 3.05) is 6.61 Å². The third-order valence-electron chi connectivity index (χ3n) is 2.43. The van der Waals surface area contributed by atoms with Crippen molar-refractivity contribution in [3.8, 4) is 0 Å². The van der Waals surface area contributed by atoms with Crippen LogP contribution < -0.4 is 0 Å². The van der Waals surface area contributed by atoms with Crippen molar-refractivity contribution < 1.29 is 14.3 Å². The molecule has 3 heteroatoms. The van der Waals surface area contributed by atoms with Crippen LogP contribution in [0.5, 0.6) is 0 Å². The number of hydrogen-bond donors (Lipinski definition) is 0. The lowest BCUT2D eigenvalue weighted by Gasteiger charge is -2.12.